The summed E-state index contributed by atoms with van der Waals surface area (Å²) in [6, 6.07) is 15.0. The summed E-state index contributed by atoms with van der Waals surface area (Å²) in [5.41, 5.74) is 1.82. The highest BCUT2D eigenvalue weighted by Gasteiger charge is 2.32. The van der Waals surface area contributed by atoms with E-state index < -0.39 is 0 Å². The van der Waals surface area contributed by atoms with Crippen molar-refractivity contribution in [3.8, 4) is 22.9 Å². The summed E-state index contributed by atoms with van der Waals surface area (Å²) in [7, 11) is 3.16. The Labute approximate surface area is 169 Å². The van der Waals surface area contributed by atoms with Crippen LogP contribution in [0.3, 0.4) is 0 Å². The summed E-state index contributed by atoms with van der Waals surface area (Å²) in [5.74, 6) is 2.16. The second kappa shape index (κ2) is 8.34. The van der Waals surface area contributed by atoms with Crippen LogP contribution < -0.4 is 14.8 Å². The van der Waals surface area contributed by atoms with Crippen molar-refractivity contribution in [1.29, 1.82) is 0 Å². The van der Waals surface area contributed by atoms with Gasteiger partial charge in [-0.15, -0.1) is 0 Å². The van der Waals surface area contributed by atoms with Gasteiger partial charge in [0.05, 0.1) is 14.2 Å². The molecule has 0 radical (unpaired) electrons. The number of nitrogens with zero attached hydrogens (tertiary/aromatic N) is 2. The molecule has 1 heterocycles. The molecule has 1 aliphatic rings. The Hall–Kier alpha value is -3.35. The lowest BCUT2D eigenvalue weighted by Crippen LogP contribution is -2.31. The molecule has 29 heavy (non-hydrogen) atoms. The highest BCUT2D eigenvalue weighted by atomic mass is 16.5. The first-order chi connectivity index (χ1) is 14.2. The van der Waals surface area contributed by atoms with Crippen LogP contribution in [0.5, 0.6) is 11.5 Å². The first-order valence-corrected chi connectivity index (χ1v) is 9.58. The van der Waals surface area contributed by atoms with Crippen molar-refractivity contribution in [3.05, 3.63) is 60.0 Å². The Morgan fingerprint density at radius 3 is 2.59 bits per heavy atom. The normalized spacial score (nSPS) is 14.3. The third-order valence-electron chi connectivity index (χ3n) is 4.93. The molecule has 1 saturated carbocycles. The minimum absolute atomic E-state index is 0.0387. The molecule has 7 nitrogen and oxygen atoms in total. The van der Waals surface area contributed by atoms with E-state index in [0.29, 0.717) is 29.6 Å². The van der Waals surface area contributed by atoms with Crippen molar-refractivity contribution >= 4 is 5.91 Å². The van der Waals surface area contributed by atoms with E-state index in [0.717, 1.165) is 24.0 Å². The quantitative estimate of drug-likeness (QED) is 0.630. The summed E-state index contributed by atoms with van der Waals surface area (Å²) < 4.78 is 16.2. The summed E-state index contributed by atoms with van der Waals surface area (Å²) >= 11 is 0. The maximum Gasteiger partial charge on any atom is 0.249 e. The van der Waals surface area contributed by atoms with E-state index in [9.17, 15) is 4.79 Å². The highest BCUT2D eigenvalue weighted by Crippen LogP contribution is 2.33. The van der Waals surface area contributed by atoms with Gasteiger partial charge in [-0.3, -0.25) is 4.79 Å². The van der Waals surface area contributed by atoms with Gasteiger partial charge in [0, 0.05) is 17.9 Å². The van der Waals surface area contributed by atoms with Crippen molar-refractivity contribution in [2.45, 2.75) is 25.3 Å². The molecule has 1 aliphatic carbocycles. The van der Waals surface area contributed by atoms with Crippen LogP contribution in [-0.2, 0) is 11.2 Å². The molecule has 7 heteroatoms. The van der Waals surface area contributed by atoms with E-state index in [1.165, 1.54) is 0 Å². The number of carbonyl (C=O) groups is 1. The largest absolute Gasteiger partial charge is 0.493 e. The van der Waals surface area contributed by atoms with Gasteiger partial charge in [0.1, 0.15) is 6.04 Å². The molecule has 1 amide bonds. The van der Waals surface area contributed by atoms with Gasteiger partial charge in [0.15, 0.2) is 11.5 Å². The van der Waals surface area contributed by atoms with Crippen LogP contribution in [-0.4, -0.2) is 30.3 Å². The molecule has 1 N–H and O–H groups in total. The predicted molar refractivity (Wildman–Crippen MR) is 107 cm³/mol. The van der Waals surface area contributed by atoms with Crippen LogP contribution >= 0.6 is 0 Å². The van der Waals surface area contributed by atoms with Crippen molar-refractivity contribution < 1.29 is 18.8 Å². The van der Waals surface area contributed by atoms with Gasteiger partial charge in [0.25, 0.3) is 0 Å². The highest BCUT2D eigenvalue weighted by molar-refractivity contribution is 5.81. The molecule has 0 bridgehead atoms. The lowest BCUT2D eigenvalue weighted by molar-refractivity contribution is -0.123. The SMILES string of the molecule is COc1ccc(-c2noc([C@H](Cc3ccccc3)NC(=O)C3CC3)n2)cc1OC. The number of hydrogen-bond donors (Lipinski definition) is 1. The van der Waals surface area contributed by atoms with Gasteiger partial charge in [-0.25, -0.2) is 0 Å². The molecule has 4 rings (SSSR count). The third kappa shape index (κ3) is 4.39. The number of nitrogens with one attached hydrogen (secondary N) is 1. The second-order valence-electron chi connectivity index (χ2n) is 7.05. The van der Waals surface area contributed by atoms with E-state index in [-0.39, 0.29) is 17.9 Å². The second-order valence-corrected chi connectivity index (χ2v) is 7.05. The summed E-state index contributed by atoms with van der Waals surface area (Å²) in [6.45, 7) is 0. The fourth-order valence-electron chi connectivity index (χ4n) is 3.15. The van der Waals surface area contributed by atoms with E-state index in [2.05, 4.69) is 15.5 Å². The molecule has 0 spiro atoms. The smallest absolute Gasteiger partial charge is 0.249 e. The Morgan fingerprint density at radius 1 is 1.14 bits per heavy atom. The molecule has 0 aliphatic heterocycles. The topological polar surface area (TPSA) is 86.5 Å². The maximum absolute atomic E-state index is 12.4. The van der Waals surface area contributed by atoms with Gasteiger partial charge in [-0.1, -0.05) is 35.5 Å². The predicted octanol–water partition coefficient (Wildman–Crippen LogP) is 3.56. The van der Waals surface area contributed by atoms with Crippen LogP contribution in [0.1, 0.15) is 30.3 Å². The van der Waals surface area contributed by atoms with Crippen LogP contribution in [0.2, 0.25) is 0 Å². The van der Waals surface area contributed by atoms with Gasteiger partial charge >= 0.3 is 0 Å². The fourth-order valence-corrected chi connectivity index (χ4v) is 3.15. The third-order valence-corrected chi connectivity index (χ3v) is 4.93. The monoisotopic (exact) mass is 393 g/mol. The Kier molecular flexibility index (Phi) is 5.46. The lowest BCUT2D eigenvalue weighted by atomic mass is 10.1. The van der Waals surface area contributed by atoms with Gasteiger partial charge < -0.3 is 19.3 Å². The first-order valence-electron chi connectivity index (χ1n) is 9.58. The van der Waals surface area contributed by atoms with Crippen molar-refractivity contribution in [2.75, 3.05) is 14.2 Å². The number of hydrogen-bond acceptors (Lipinski definition) is 6. The zero-order chi connectivity index (χ0) is 20.2. The number of aromatic nitrogens is 2. The summed E-state index contributed by atoms with van der Waals surface area (Å²) in [6.07, 6.45) is 2.45. The van der Waals surface area contributed by atoms with Crippen LogP contribution in [0, 0.1) is 5.92 Å². The minimum atomic E-state index is -0.383. The van der Waals surface area contributed by atoms with Gasteiger partial charge in [-0.05, 0) is 36.6 Å². The maximum atomic E-state index is 12.4. The zero-order valence-electron chi connectivity index (χ0n) is 16.4. The molecule has 2 aromatic carbocycles. The molecule has 3 aromatic rings. The molecule has 1 atom stereocenters. The van der Waals surface area contributed by atoms with E-state index in [1.807, 2.05) is 36.4 Å². The summed E-state index contributed by atoms with van der Waals surface area (Å²) in [5, 5.41) is 7.18. The van der Waals surface area contributed by atoms with E-state index >= 15 is 0 Å². The number of carbonyl (C=O) groups excluding carboxylic acids is 1. The lowest BCUT2D eigenvalue weighted by Gasteiger charge is -2.15. The Morgan fingerprint density at radius 2 is 1.90 bits per heavy atom. The Bertz CT molecular complexity index is 983. The molecular formula is C22H23N3O4. The van der Waals surface area contributed by atoms with Crippen molar-refractivity contribution in [3.63, 3.8) is 0 Å². The minimum Gasteiger partial charge on any atom is -0.493 e. The van der Waals surface area contributed by atoms with E-state index in [1.54, 1.807) is 26.4 Å². The molecular weight excluding hydrogens is 370 g/mol. The molecule has 1 aromatic heterocycles. The van der Waals surface area contributed by atoms with Crippen LogP contribution in [0.4, 0.5) is 0 Å². The first kappa shape index (κ1) is 19.0. The van der Waals surface area contributed by atoms with Gasteiger partial charge in [0.2, 0.25) is 17.6 Å². The molecule has 1 fully saturated rings. The number of amides is 1. The van der Waals surface area contributed by atoms with Gasteiger partial charge in [-0.2, -0.15) is 4.98 Å². The van der Waals surface area contributed by atoms with Crippen LogP contribution in [0.15, 0.2) is 53.1 Å². The van der Waals surface area contributed by atoms with E-state index in [4.69, 9.17) is 14.0 Å². The fraction of sp³-hybridized carbons (Fsp3) is 0.318. The zero-order valence-corrected chi connectivity index (χ0v) is 16.4. The number of benzene rings is 2. The van der Waals surface area contributed by atoms with Crippen LogP contribution in [0.25, 0.3) is 11.4 Å². The number of rotatable bonds is 8. The molecule has 150 valence electrons. The summed E-state index contributed by atoms with van der Waals surface area (Å²) in [4.78, 5) is 16.9. The molecule has 0 unspecified atom stereocenters. The Balaban J connectivity index is 1.60. The van der Waals surface area contributed by atoms with Crippen molar-refractivity contribution in [1.82, 2.24) is 15.5 Å². The standard InChI is InChI=1S/C22H23N3O4/c1-27-18-11-10-16(13-19(18)28-2)20-24-22(29-25-20)17(23-21(26)15-8-9-15)12-14-6-4-3-5-7-14/h3-7,10-11,13,15,17H,8-9,12H2,1-2H3,(H,23,26)/t17-/m0/s1. The average molecular weight is 393 g/mol. The number of methoxy groups -OCH3 is 2. The molecule has 0 saturated heterocycles. The number of ether oxygens (including phenoxy) is 2. The average Bonchev–Trinajstić information content (AvgIpc) is 3.50. The van der Waals surface area contributed by atoms with Crippen molar-refractivity contribution in [2.24, 2.45) is 5.92 Å².